The molecule has 0 amide bonds. The summed E-state index contributed by atoms with van der Waals surface area (Å²) in [5, 5.41) is 4.97. The number of para-hydroxylation sites is 2. The predicted octanol–water partition coefficient (Wildman–Crippen LogP) is 10.2. The molecule has 0 aliphatic heterocycles. The Kier molecular flexibility index (Phi) is 5.47. The summed E-state index contributed by atoms with van der Waals surface area (Å²) in [6, 6.07) is 45.9. The second-order valence-corrected chi connectivity index (χ2v) is 11.3. The molecule has 0 atom stereocenters. The van der Waals surface area contributed by atoms with Crippen molar-refractivity contribution in [1.29, 1.82) is 0 Å². The van der Waals surface area contributed by atoms with Crippen molar-refractivity contribution in [1.82, 2.24) is 19.5 Å². The molecule has 0 aliphatic carbocycles. The Bertz CT molecular complexity index is 2430. The molecule has 4 aromatic heterocycles. The number of fused-ring (bicyclic) bond motifs is 6. The Hall–Kier alpha value is -6.00. The van der Waals surface area contributed by atoms with Crippen molar-refractivity contribution in [3.8, 4) is 39.1 Å². The summed E-state index contributed by atoms with van der Waals surface area (Å²) >= 11 is 0. The van der Waals surface area contributed by atoms with Crippen LogP contribution in [-0.2, 0) is 0 Å². The van der Waals surface area contributed by atoms with E-state index in [1.807, 2.05) is 24.8 Å². The Morgan fingerprint density at radius 1 is 0.386 bits per heavy atom. The topological polar surface area (TPSA) is 46.5 Å². The van der Waals surface area contributed by atoms with E-state index in [-0.39, 0.29) is 0 Å². The molecule has 5 aromatic carbocycles. The van der Waals surface area contributed by atoms with Gasteiger partial charge in [0.15, 0.2) is 0 Å². The fourth-order valence-corrected chi connectivity index (χ4v) is 6.62. The highest BCUT2D eigenvalue weighted by Gasteiger charge is 2.16. The van der Waals surface area contributed by atoms with Crippen LogP contribution in [-0.4, -0.2) is 19.5 Å². The van der Waals surface area contributed by atoms with Gasteiger partial charge in [-0.3, -0.25) is 9.97 Å². The number of hydrogen-bond acceptors (Lipinski definition) is 2. The molecule has 0 radical (unpaired) electrons. The number of H-pyrrole nitrogens is 1. The third-order valence-corrected chi connectivity index (χ3v) is 8.72. The molecule has 4 heterocycles. The molecular weight excluding hydrogens is 536 g/mol. The molecule has 9 aromatic rings. The molecule has 0 unspecified atom stereocenters. The molecule has 9 rings (SSSR count). The van der Waals surface area contributed by atoms with Gasteiger partial charge >= 0.3 is 0 Å². The first-order valence-electron chi connectivity index (χ1n) is 14.8. The van der Waals surface area contributed by atoms with Crippen LogP contribution < -0.4 is 0 Å². The van der Waals surface area contributed by atoms with Crippen LogP contribution in [0.1, 0.15) is 0 Å². The average molecular weight is 563 g/mol. The van der Waals surface area contributed by atoms with E-state index in [0.717, 1.165) is 33.5 Å². The van der Waals surface area contributed by atoms with Gasteiger partial charge in [-0.1, -0.05) is 48.5 Å². The molecule has 0 aliphatic rings. The Labute approximate surface area is 253 Å². The fraction of sp³-hybridized carbons (Fsp3) is 0. The minimum absolute atomic E-state index is 1.12. The molecule has 0 saturated carbocycles. The van der Waals surface area contributed by atoms with E-state index < -0.39 is 0 Å². The monoisotopic (exact) mass is 562 g/mol. The molecule has 0 saturated heterocycles. The summed E-state index contributed by atoms with van der Waals surface area (Å²) in [6.45, 7) is 0. The van der Waals surface area contributed by atoms with E-state index in [0.29, 0.717) is 0 Å². The van der Waals surface area contributed by atoms with E-state index in [1.54, 1.807) is 0 Å². The lowest BCUT2D eigenvalue weighted by molar-refractivity contribution is 1.18. The Morgan fingerprint density at radius 3 is 1.68 bits per heavy atom. The third-order valence-electron chi connectivity index (χ3n) is 8.72. The first-order valence-corrected chi connectivity index (χ1v) is 14.8. The molecule has 0 bridgehead atoms. The van der Waals surface area contributed by atoms with Crippen molar-refractivity contribution < 1.29 is 0 Å². The average Bonchev–Trinajstić information content (AvgIpc) is 3.64. The van der Waals surface area contributed by atoms with Gasteiger partial charge in [0.1, 0.15) is 0 Å². The van der Waals surface area contributed by atoms with Crippen LogP contribution in [0.15, 0.2) is 152 Å². The van der Waals surface area contributed by atoms with Gasteiger partial charge in [-0.05, 0) is 112 Å². The molecule has 44 heavy (non-hydrogen) atoms. The SMILES string of the molecule is c1ccc2c(c1)[nH]c1ccc(-c3ccc4c(c3)c3ccccc3n4-c3cc(-c4ccncc4)cc(-c4ccncc4)c3)cc12. The predicted molar refractivity (Wildman–Crippen MR) is 182 cm³/mol. The molecule has 0 spiro atoms. The van der Waals surface area contributed by atoms with Gasteiger partial charge < -0.3 is 9.55 Å². The van der Waals surface area contributed by atoms with Crippen LogP contribution in [0, 0.1) is 0 Å². The summed E-state index contributed by atoms with van der Waals surface area (Å²) in [5.74, 6) is 0. The van der Waals surface area contributed by atoms with Crippen molar-refractivity contribution in [3.05, 3.63) is 152 Å². The zero-order valence-corrected chi connectivity index (χ0v) is 23.8. The van der Waals surface area contributed by atoms with Gasteiger partial charge in [0.05, 0.1) is 11.0 Å². The maximum Gasteiger partial charge on any atom is 0.0541 e. The molecule has 4 heteroatoms. The van der Waals surface area contributed by atoms with Crippen LogP contribution in [0.2, 0.25) is 0 Å². The fourth-order valence-electron chi connectivity index (χ4n) is 6.62. The summed E-state index contributed by atoms with van der Waals surface area (Å²) in [6.07, 6.45) is 7.40. The number of rotatable bonds is 4. The van der Waals surface area contributed by atoms with Gasteiger partial charge in [-0.2, -0.15) is 0 Å². The van der Waals surface area contributed by atoms with Crippen molar-refractivity contribution >= 4 is 43.6 Å². The van der Waals surface area contributed by atoms with E-state index in [2.05, 4.69) is 147 Å². The maximum absolute atomic E-state index is 4.25. The van der Waals surface area contributed by atoms with E-state index in [4.69, 9.17) is 0 Å². The zero-order valence-electron chi connectivity index (χ0n) is 23.8. The minimum Gasteiger partial charge on any atom is -0.355 e. The van der Waals surface area contributed by atoms with Crippen LogP contribution in [0.25, 0.3) is 82.7 Å². The Balaban J connectivity index is 1.27. The largest absolute Gasteiger partial charge is 0.355 e. The summed E-state index contributed by atoms with van der Waals surface area (Å²) in [4.78, 5) is 12.1. The van der Waals surface area contributed by atoms with Gasteiger partial charge in [0.2, 0.25) is 0 Å². The lowest BCUT2D eigenvalue weighted by atomic mass is 9.99. The van der Waals surface area contributed by atoms with Crippen molar-refractivity contribution in [2.24, 2.45) is 0 Å². The molecule has 0 fully saturated rings. The highest BCUT2D eigenvalue weighted by Crippen LogP contribution is 2.38. The van der Waals surface area contributed by atoms with Gasteiger partial charge in [-0.15, -0.1) is 0 Å². The van der Waals surface area contributed by atoms with Gasteiger partial charge in [-0.25, -0.2) is 0 Å². The number of nitrogens with one attached hydrogen (secondary N) is 1. The number of aromatic nitrogens is 4. The maximum atomic E-state index is 4.25. The number of benzene rings is 5. The number of nitrogens with zero attached hydrogens (tertiary/aromatic N) is 3. The van der Waals surface area contributed by atoms with Crippen molar-refractivity contribution in [2.75, 3.05) is 0 Å². The second kappa shape index (κ2) is 9.79. The first kappa shape index (κ1) is 24.6. The minimum atomic E-state index is 1.12. The molecule has 4 nitrogen and oxygen atoms in total. The van der Waals surface area contributed by atoms with Crippen LogP contribution in [0.5, 0.6) is 0 Å². The quantitative estimate of drug-likeness (QED) is 0.232. The lowest BCUT2D eigenvalue weighted by Crippen LogP contribution is -1.96. The highest BCUT2D eigenvalue weighted by molar-refractivity contribution is 6.12. The van der Waals surface area contributed by atoms with Crippen LogP contribution in [0.3, 0.4) is 0 Å². The van der Waals surface area contributed by atoms with Crippen LogP contribution >= 0.6 is 0 Å². The number of pyridine rings is 2. The molecular formula is C40H26N4. The van der Waals surface area contributed by atoms with Gasteiger partial charge in [0, 0.05) is 63.1 Å². The molecule has 1 N–H and O–H groups in total. The Morgan fingerprint density at radius 2 is 0.955 bits per heavy atom. The second-order valence-electron chi connectivity index (χ2n) is 11.3. The number of aromatic amines is 1. The van der Waals surface area contributed by atoms with Crippen molar-refractivity contribution in [3.63, 3.8) is 0 Å². The van der Waals surface area contributed by atoms with Crippen LogP contribution in [0.4, 0.5) is 0 Å². The first-order chi connectivity index (χ1) is 21.8. The van der Waals surface area contributed by atoms with E-state index >= 15 is 0 Å². The van der Waals surface area contributed by atoms with E-state index in [1.165, 1.54) is 49.2 Å². The lowest BCUT2D eigenvalue weighted by Gasteiger charge is -2.14. The number of hydrogen-bond donors (Lipinski definition) is 1. The summed E-state index contributed by atoms with van der Waals surface area (Å²) in [5.41, 5.74) is 12.8. The summed E-state index contributed by atoms with van der Waals surface area (Å²) in [7, 11) is 0. The smallest absolute Gasteiger partial charge is 0.0541 e. The summed E-state index contributed by atoms with van der Waals surface area (Å²) < 4.78 is 2.40. The van der Waals surface area contributed by atoms with Gasteiger partial charge in [0.25, 0.3) is 0 Å². The highest BCUT2D eigenvalue weighted by atomic mass is 15.0. The standard InChI is InChI=1S/C40H26N4/c1-3-7-37-33(5-1)35-24-28(9-11-38(35)43-37)29-10-12-40-36(25-29)34-6-2-4-8-39(34)44(40)32-22-30(26-13-17-41-18-14-26)21-31(23-32)27-15-19-42-20-16-27/h1-25,43H. The molecule has 206 valence electrons. The van der Waals surface area contributed by atoms with Crippen molar-refractivity contribution in [2.45, 2.75) is 0 Å². The normalized spacial score (nSPS) is 11.6. The third kappa shape index (κ3) is 3.92. The zero-order chi connectivity index (χ0) is 29.0. The van der Waals surface area contributed by atoms with E-state index in [9.17, 15) is 0 Å².